The van der Waals surface area contributed by atoms with Crippen LogP contribution in [-0.2, 0) is 0 Å². The molecule has 2 heteroatoms. The molecular formula is C11H20I2. The summed E-state index contributed by atoms with van der Waals surface area (Å²) in [6.45, 7) is 0. The van der Waals surface area contributed by atoms with Gasteiger partial charge in [-0.25, -0.2) is 0 Å². The zero-order valence-corrected chi connectivity index (χ0v) is 12.6. The fraction of sp³-hybridized carbons (Fsp3) is 0.818. The van der Waals surface area contributed by atoms with E-state index < -0.39 is 0 Å². The van der Waals surface area contributed by atoms with E-state index in [-0.39, 0.29) is 0 Å². The molecule has 0 bridgehead atoms. The predicted octanol–water partition coefficient (Wildman–Crippen LogP) is 5.14. The van der Waals surface area contributed by atoms with Crippen LogP contribution in [0.1, 0.15) is 44.9 Å². The van der Waals surface area contributed by atoms with E-state index in [1.807, 2.05) is 0 Å². The van der Waals surface area contributed by atoms with Crippen molar-refractivity contribution in [1.29, 1.82) is 0 Å². The first-order chi connectivity index (χ1) is 6.41. The van der Waals surface area contributed by atoms with Crippen LogP contribution in [0.15, 0.2) is 12.2 Å². The topological polar surface area (TPSA) is 0 Å². The lowest BCUT2D eigenvalue weighted by Crippen LogP contribution is -1.80. The quantitative estimate of drug-likeness (QED) is 0.215. The molecule has 0 aliphatic rings. The van der Waals surface area contributed by atoms with Crippen LogP contribution in [0.3, 0.4) is 0 Å². The lowest BCUT2D eigenvalue weighted by Gasteiger charge is -1.98. The molecule has 0 radical (unpaired) electrons. The zero-order chi connectivity index (χ0) is 9.78. The molecule has 0 heterocycles. The second-order valence-electron chi connectivity index (χ2n) is 3.22. The molecule has 0 saturated carbocycles. The van der Waals surface area contributed by atoms with E-state index in [1.54, 1.807) is 0 Å². The van der Waals surface area contributed by atoms with Crippen LogP contribution in [-0.4, -0.2) is 8.86 Å². The van der Waals surface area contributed by atoms with E-state index in [1.165, 1.54) is 49.4 Å². The van der Waals surface area contributed by atoms with Gasteiger partial charge in [0.2, 0.25) is 0 Å². The standard InChI is InChI=1S/C11H20I2/c12-10-8-6-4-2-1-3-5-7-9-11-13/h6,8H,1-5,7,9-11H2. The molecule has 0 aromatic rings. The normalized spacial score (nSPS) is 11.2. The third-order valence-corrected chi connectivity index (χ3v) is 3.28. The van der Waals surface area contributed by atoms with Gasteiger partial charge in [0.15, 0.2) is 0 Å². The van der Waals surface area contributed by atoms with E-state index in [4.69, 9.17) is 0 Å². The highest BCUT2D eigenvalue weighted by atomic mass is 127. The third-order valence-electron chi connectivity index (χ3n) is 2.01. The SMILES string of the molecule is ICC=CCCCCCCCCI. The molecule has 0 aliphatic heterocycles. The fourth-order valence-electron chi connectivity index (χ4n) is 1.24. The van der Waals surface area contributed by atoms with Gasteiger partial charge in [-0.1, -0.05) is 83.0 Å². The average molecular weight is 406 g/mol. The van der Waals surface area contributed by atoms with Crippen molar-refractivity contribution in [2.24, 2.45) is 0 Å². The first-order valence-corrected chi connectivity index (χ1v) is 8.24. The number of rotatable bonds is 9. The Morgan fingerprint density at radius 1 is 0.692 bits per heavy atom. The van der Waals surface area contributed by atoms with Gasteiger partial charge in [0.05, 0.1) is 0 Å². The Kier molecular flexibility index (Phi) is 14.4. The predicted molar refractivity (Wildman–Crippen MR) is 79.2 cm³/mol. The minimum absolute atomic E-state index is 1.16. The number of allylic oxidation sites excluding steroid dienone is 2. The number of halogens is 2. The van der Waals surface area contributed by atoms with Crippen molar-refractivity contribution in [2.45, 2.75) is 44.9 Å². The van der Waals surface area contributed by atoms with Crippen molar-refractivity contribution in [1.82, 2.24) is 0 Å². The highest BCUT2D eigenvalue weighted by Gasteiger charge is 1.89. The van der Waals surface area contributed by atoms with Crippen LogP contribution in [0.5, 0.6) is 0 Å². The number of hydrogen-bond acceptors (Lipinski definition) is 0. The van der Waals surface area contributed by atoms with Gasteiger partial charge in [0.25, 0.3) is 0 Å². The summed E-state index contributed by atoms with van der Waals surface area (Å²) in [5, 5.41) is 0. The summed E-state index contributed by atoms with van der Waals surface area (Å²) < 4.78 is 2.49. The summed E-state index contributed by atoms with van der Waals surface area (Å²) in [6, 6.07) is 0. The second kappa shape index (κ2) is 13.2. The molecule has 78 valence electrons. The smallest absolute Gasteiger partial charge is 0.0175 e. The van der Waals surface area contributed by atoms with Crippen LogP contribution >= 0.6 is 45.2 Å². The van der Waals surface area contributed by atoms with Crippen molar-refractivity contribution in [2.75, 3.05) is 8.86 Å². The molecule has 0 aromatic heterocycles. The molecule has 0 unspecified atom stereocenters. The van der Waals surface area contributed by atoms with E-state index in [9.17, 15) is 0 Å². The zero-order valence-electron chi connectivity index (χ0n) is 8.27. The van der Waals surface area contributed by atoms with Gasteiger partial charge >= 0.3 is 0 Å². The van der Waals surface area contributed by atoms with Crippen molar-refractivity contribution in [3.05, 3.63) is 12.2 Å². The molecule has 0 atom stereocenters. The second-order valence-corrected chi connectivity index (χ2v) is 5.18. The van der Waals surface area contributed by atoms with Crippen LogP contribution in [0, 0.1) is 0 Å². The van der Waals surface area contributed by atoms with Gasteiger partial charge in [0, 0.05) is 4.43 Å². The minimum atomic E-state index is 1.16. The average Bonchev–Trinajstić information content (AvgIpc) is 2.16. The molecule has 0 saturated heterocycles. The first-order valence-electron chi connectivity index (χ1n) is 5.18. The maximum atomic E-state index is 2.46. The molecule has 0 amide bonds. The Hall–Kier alpha value is 1.20. The van der Waals surface area contributed by atoms with Crippen molar-refractivity contribution in [3.63, 3.8) is 0 Å². The number of alkyl halides is 2. The van der Waals surface area contributed by atoms with Crippen molar-refractivity contribution in [3.8, 4) is 0 Å². The minimum Gasteiger partial charge on any atom is -0.0878 e. The monoisotopic (exact) mass is 406 g/mol. The Labute approximate surface area is 110 Å². The van der Waals surface area contributed by atoms with Gasteiger partial charge in [-0.3, -0.25) is 0 Å². The highest BCUT2D eigenvalue weighted by molar-refractivity contribution is 14.1. The summed E-state index contributed by atoms with van der Waals surface area (Å²) in [4.78, 5) is 0. The molecule has 0 N–H and O–H groups in total. The summed E-state index contributed by atoms with van der Waals surface area (Å²) in [7, 11) is 0. The van der Waals surface area contributed by atoms with E-state index in [0.29, 0.717) is 0 Å². The Morgan fingerprint density at radius 2 is 1.31 bits per heavy atom. The summed E-state index contributed by atoms with van der Waals surface area (Å²) in [6.07, 6.45) is 14.4. The molecule has 0 aliphatic carbocycles. The molecule has 0 aromatic carbocycles. The third kappa shape index (κ3) is 13.2. The maximum absolute atomic E-state index is 2.46. The Morgan fingerprint density at radius 3 is 1.92 bits per heavy atom. The van der Waals surface area contributed by atoms with Crippen LogP contribution in [0.25, 0.3) is 0 Å². The first kappa shape index (κ1) is 14.2. The number of hydrogen-bond donors (Lipinski definition) is 0. The van der Waals surface area contributed by atoms with Gasteiger partial charge < -0.3 is 0 Å². The maximum Gasteiger partial charge on any atom is 0.0175 e. The van der Waals surface area contributed by atoms with Gasteiger partial charge in [-0.2, -0.15) is 0 Å². The van der Waals surface area contributed by atoms with E-state index in [2.05, 4.69) is 57.3 Å². The molecular weight excluding hydrogens is 386 g/mol. The highest BCUT2D eigenvalue weighted by Crippen LogP contribution is 2.08. The molecule has 13 heavy (non-hydrogen) atoms. The van der Waals surface area contributed by atoms with E-state index in [0.717, 1.165) is 4.43 Å². The Balaban J connectivity index is 2.87. The number of unbranched alkanes of at least 4 members (excludes halogenated alkanes) is 6. The summed E-state index contributed by atoms with van der Waals surface area (Å²) in [5.41, 5.74) is 0. The molecule has 0 spiro atoms. The molecule has 0 nitrogen and oxygen atoms in total. The largest absolute Gasteiger partial charge is 0.0878 e. The lowest BCUT2D eigenvalue weighted by molar-refractivity contribution is 0.614. The van der Waals surface area contributed by atoms with Crippen LogP contribution in [0.2, 0.25) is 0 Å². The molecule has 0 rings (SSSR count). The molecule has 0 fully saturated rings. The van der Waals surface area contributed by atoms with Gasteiger partial charge in [-0.15, -0.1) is 0 Å². The Bertz CT molecular complexity index is 111. The van der Waals surface area contributed by atoms with Crippen molar-refractivity contribution >= 4 is 45.2 Å². The van der Waals surface area contributed by atoms with Gasteiger partial charge in [-0.05, 0) is 23.7 Å². The fourth-order valence-corrected chi connectivity index (χ4v) is 2.14. The van der Waals surface area contributed by atoms with Crippen molar-refractivity contribution < 1.29 is 0 Å². The van der Waals surface area contributed by atoms with Crippen LogP contribution in [0.4, 0.5) is 0 Å². The summed E-state index contributed by atoms with van der Waals surface area (Å²) >= 11 is 4.84. The van der Waals surface area contributed by atoms with E-state index >= 15 is 0 Å². The summed E-state index contributed by atoms with van der Waals surface area (Å²) in [5.74, 6) is 0. The lowest BCUT2D eigenvalue weighted by atomic mass is 10.1. The van der Waals surface area contributed by atoms with Crippen LogP contribution < -0.4 is 0 Å². The van der Waals surface area contributed by atoms with Gasteiger partial charge in [0.1, 0.15) is 0 Å².